The number of amides is 2. The number of benzene rings is 1. The molecule has 1 aromatic carbocycles. The predicted molar refractivity (Wildman–Crippen MR) is 118 cm³/mol. The van der Waals surface area contributed by atoms with Crippen LogP contribution in [0.4, 0.5) is 0 Å². The van der Waals surface area contributed by atoms with Gasteiger partial charge in [-0.1, -0.05) is 25.1 Å². The second kappa shape index (κ2) is 10.7. The monoisotopic (exact) mass is 410 g/mol. The van der Waals surface area contributed by atoms with Crippen molar-refractivity contribution < 1.29 is 14.3 Å². The van der Waals surface area contributed by atoms with Crippen molar-refractivity contribution in [3.63, 3.8) is 0 Å². The molecule has 0 radical (unpaired) electrons. The maximum absolute atomic E-state index is 12.7. The van der Waals surface area contributed by atoms with E-state index < -0.39 is 0 Å². The fraction of sp³-hybridized carbons (Fsp3) is 0.435. The molecule has 0 spiro atoms. The van der Waals surface area contributed by atoms with Crippen LogP contribution in [0, 0.1) is 0 Å². The molecule has 3 rings (SSSR count). The van der Waals surface area contributed by atoms with Crippen molar-refractivity contribution in [3.05, 3.63) is 42.0 Å². The zero-order valence-corrected chi connectivity index (χ0v) is 17.8. The predicted octanol–water partition coefficient (Wildman–Crippen LogP) is 2.32. The Labute approximate surface area is 177 Å². The van der Waals surface area contributed by atoms with Crippen LogP contribution in [0.5, 0.6) is 5.88 Å². The number of piperazine rings is 1. The number of ether oxygens (including phenoxy) is 1. The quantitative estimate of drug-likeness (QED) is 0.676. The van der Waals surface area contributed by atoms with Crippen molar-refractivity contribution in [2.75, 3.05) is 45.9 Å². The molecule has 1 N–H and O–H groups in total. The van der Waals surface area contributed by atoms with Gasteiger partial charge in [0.1, 0.15) is 0 Å². The number of carbonyl (C=O) groups is 2. The summed E-state index contributed by atoms with van der Waals surface area (Å²) >= 11 is 0. The highest BCUT2D eigenvalue weighted by molar-refractivity contribution is 5.93. The third-order valence-corrected chi connectivity index (χ3v) is 4.99. The zero-order chi connectivity index (χ0) is 21.3. The fourth-order valence-electron chi connectivity index (χ4n) is 3.40. The van der Waals surface area contributed by atoms with E-state index in [0.717, 1.165) is 22.9 Å². The molecule has 2 amide bonds. The van der Waals surface area contributed by atoms with Crippen LogP contribution in [0.25, 0.3) is 17.0 Å². The van der Waals surface area contributed by atoms with Gasteiger partial charge >= 0.3 is 0 Å². The molecule has 2 heterocycles. The first kappa shape index (κ1) is 21.8. The van der Waals surface area contributed by atoms with Crippen molar-refractivity contribution in [3.8, 4) is 5.88 Å². The van der Waals surface area contributed by atoms with E-state index in [1.165, 1.54) is 0 Å². The highest BCUT2D eigenvalue weighted by Gasteiger charge is 2.21. The Morgan fingerprint density at radius 1 is 1.17 bits per heavy atom. The number of hydrogen-bond acceptors (Lipinski definition) is 5. The van der Waals surface area contributed by atoms with E-state index >= 15 is 0 Å². The van der Waals surface area contributed by atoms with Gasteiger partial charge in [-0.3, -0.25) is 14.5 Å². The summed E-state index contributed by atoms with van der Waals surface area (Å²) in [6.07, 6.45) is 4.26. The van der Waals surface area contributed by atoms with Crippen LogP contribution < -0.4 is 10.1 Å². The second-order valence-electron chi connectivity index (χ2n) is 7.31. The van der Waals surface area contributed by atoms with Crippen LogP contribution in [0.2, 0.25) is 0 Å². The Morgan fingerprint density at radius 3 is 2.67 bits per heavy atom. The van der Waals surface area contributed by atoms with Gasteiger partial charge < -0.3 is 15.0 Å². The Hall–Kier alpha value is -2.93. The molecular weight excluding hydrogens is 380 g/mol. The lowest BCUT2D eigenvalue weighted by Gasteiger charge is -2.33. The third-order valence-electron chi connectivity index (χ3n) is 4.99. The van der Waals surface area contributed by atoms with Crippen LogP contribution >= 0.6 is 0 Å². The van der Waals surface area contributed by atoms with E-state index in [4.69, 9.17) is 4.74 Å². The summed E-state index contributed by atoms with van der Waals surface area (Å²) in [6, 6.07) is 9.87. The highest BCUT2D eigenvalue weighted by Crippen LogP contribution is 2.24. The Kier molecular flexibility index (Phi) is 7.79. The lowest BCUT2D eigenvalue weighted by Crippen LogP contribution is -2.50. The summed E-state index contributed by atoms with van der Waals surface area (Å²) in [5.41, 5.74) is 1.67. The maximum atomic E-state index is 12.7. The Morgan fingerprint density at radius 2 is 1.93 bits per heavy atom. The number of carbonyl (C=O) groups excluding carboxylic acids is 2. The van der Waals surface area contributed by atoms with E-state index in [1.807, 2.05) is 49.1 Å². The van der Waals surface area contributed by atoms with Gasteiger partial charge in [-0.2, -0.15) is 0 Å². The molecule has 2 aromatic rings. The first-order valence-corrected chi connectivity index (χ1v) is 10.6. The summed E-state index contributed by atoms with van der Waals surface area (Å²) in [5.74, 6) is 0.536. The van der Waals surface area contributed by atoms with Gasteiger partial charge in [-0.25, -0.2) is 4.98 Å². The van der Waals surface area contributed by atoms with Crippen molar-refractivity contribution in [1.29, 1.82) is 0 Å². The molecule has 0 aliphatic carbocycles. The van der Waals surface area contributed by atoms with Crippen LogP contribution in [0.15, 0.2) is 36.4 Å². The van der Waals surface area contributed by atoms with Gasteiger partial charge in [-0.05, 0) is 31.6 Å². The van der Waals surface area contributed by atoms with Crippen molar-refractivity contribution in [2.45, 2.75) is 20.3 Å². The van der Waals surface area contributed by atoms with E-state index in [2.05, 4.69) is 15.2 Å². The molecule has 30 heavy (non-hydrogen) atoms. The summed E-state index contributed by atoms with van der Waals surface area (Å²) in [7, 11) is 0. The van der Waals surface area contributed by atoms with Crippen molar-refractivity contribution >= 4 is 28.8 Å². The number of nitrogens with one attached hydrogen (secondary N) is 1. The van der Waals surface area contributed by atoms with Gasteiger partial charge in [0.2, 0.25) is 17.7 Å². The number of aromatic nitrogens is 1. The molecule has 0 bridgehead atoms. The molecule has 1 fully saturated rings. The molecule has 1 aromatic heterocycles. The number of hydrogen-bond donors (Lipinski definition) is 1. The number of para-hydroxylation sites is 1. The van der Waals surface area contributed by atoms with Gasteiger partial charge in [0, 0.05) is 49.7 Å². The molecule has 0 atom stereocenters. The average Bonchev–Trinajstić information content (AvgIpc) is 2.76. The van der Waals surface area contributed by atoms with Gasteiger partial charge in [0.25, 0.3) is 0 Å². The molecule has 160 valence electrons. The van der Waals surface area contributed by atoms with Gasteiger partial charge in [-0.15, -0.1) is 0 Å². The van der Waals surface area contributed by atoms with Crippen LogP contribution in [0.1, 0.15) is 25.8 Å². The molecule has 0 unspecified atom stereocenters. The first-order valence-electron chi connectivity index (χ1n) is 10.6. The third kappa shape index (κ3) is 5.79. The Bertz CT molecular complexity index is 904. The number of likely N-dealkylation sites (N-methyl/N-ethyl adjacent to an activating group) is 1. The lowest BCUT2D eigenvalue weighted by molar-refractivity contribution is -0.128. The van der Waals surface area contributed by atoms with Gasteiger partial charge in [0.05, 0.1) is 18.7 Å². The summed E-state index contributed by atoms with van der Waals surface area (Å²) < 4.78 is 5.81. The minimum Gasteiger partial charge on any atom is -0.477 e. The first-order chi connectivity index (χ1) is 14.6. The molecule has 0 saturated carbocycles. The standard InChI is InChI=1S/C23H30N4O3/c1-3-15-30-23-19(16-18-7-5-6-8-20(18)25-23)9-10-22(29)27-13-11-26(12-14-27)17-21(28)24-4-2/h5-10,16H,3-4,11-15,17H2,1-2H3,(H,24,28)/b10-9+. The second-order valence-corrected chi connectivity index (χ2v) is 7.31. The number of rotatable bonds is 8. The van der Waals surface area contributed by atoms with Crippen LogP contribution in [-0.4, -0.2) is 72.5 Å². The minimum atomic E-state index is -0.0396. The maximum Gasteiger partial charge on any atom is 0.246 e. The van der Waals surface area contributed by atoms with Gasteiger partial charge in [0.15, 0.2) is 0 Å². The van der Waals surface area contributed by atoms with Crippen LogP contribution in [-0.2, 0) is 9.59 Å². The van der Waals surface area contributed by atoms with E-state index in [-0.39, 0.29) is 11.8 Å². The topological polar surface area (TPSA) is 74.8 Å². The average molecular weight is 411 g/mol. The molecule has 7 heteroatoms. The smallest absolute Gasteiger partial charge is 0.246 e. The highest BCUT2D eigenvalue weighted by atomic mass is 16.5. The molecule has 1 saturated heterocycles. The summed E-state index contributed by atoms with van der Waals surface area (Å²) in [5, 5.41) is 3.81. The fourth-order valence-corrected chi connectivity index (χ4v) is 3.40. The van der Waals surface area contributed by atoms with E-state index in [1.54, 1.807) is 12.2 Å². The molecule has 1 aliphatic heterocycles. The number of pyridine rings is 1. The number of fused-ring (bicyclic) bond motifs is 1. The minimum absolute atomic E-state index is 0.0283. The summed E-state index contributed by atoms with van der Waals surface area (Å²) in [4.78, 5) is 32.9. The summed E-state index contributed by atoms with van der Waals surface area (Å²) in [6.45, 7) is 8.15. The molecular formula is C23H30N4O3. The Balaban J connectivity index is 1.64. The van der Waals surface area contributed by atoms with E-state index in [9.17, 15) is 9.59 Å². The largest absolute Gasteiger partial charge is 0.477 e. The zero-order valence-electron chi connectivity index (χ0n) is 17.8. The van der Waals surface area contributed by atoms with Crippen molar-refractivity contribution in [1.82, 2.24) is 20.1 Å². The molecule has 7 nitrogen and oxygen atoms in total. The lowest BCUT2D eigenvalue weighted by atomic mass is 10.1. The van der Waals surface area contributed by atoms with E-state index in [0.29, 0.717) is 51.8 Å². The van der Waals surface area contributed by atoms with Crippen LogP contribution in [0.3, 0.4) is 0 Å². The normalized spacial score (nSPS) is 14.9. The SMILES string of the molecule is CCCOc1nc2ccccc2cc1/C=C/C(=O)N1CCN(CC(=O)NCC)CC1. The number of nitrogens with zero attached hydrogens (tertiary/aromatic N) is 3. The van der Waals surface area contributed by atoms with Crippen molar-refractivity contribution in [2.24, 2.45) is 0 Å². The molecule has 1 aliphatic rings.